The Hall–Kier alpha value is -0.770. The number of ether oxygens (including phenoxy) is 1. The lowest BCUT2D eigenvalue weighted by Crippen LogP contribution is -2.63. The van der Waals surface area contributed by atoms with Crippen LogP contribution in [0.15, 0.2) is 0 Å². The Morgan fingerprint density at radius 3 is 2.37 bits per heavy atom. The lowest BCUT2D eigenvalue weighted by atomic mass is 9.43. The molecule has 4 aliphatic carbocycles. The van der Waals surface area contributed by atoms with Gasteiger partial charge in [0.15, 0.2) is 0 Å². The van der Waals surface area contributed by atoms with E-state index in [1.54, 1.807) is 0 Å². The highest BCUT2D eigenvalue weighted by Crippen LogP contribution is 2.68. The normalized spacial score (nSPS) is 41.1. The van der Waals surface area contributed by atoms with Crippen molar-refractivity contribution in [3.8, 4) is 0 Å². The maximum Gasteiger partial charge on any atom is 0.306 e. The molecule has 4 rings (SSSR count). The fourth-order valence-electron chi connectivity index (χ4n) is 10.3. The van der Waals surface area contributed by atoms with E-state index >= 15 is 0 Å². The standard InChI is InChI=1S/C33H62N4O4/c1-21(2)41-30(40)9-6-22(3)25-7-8-26-31-27(20-29(39)33(25,26)5)32(4)11-10-24(18-23(32)19-28(31)38)36-14-17-37(15-12-34)16-13-35/h21-29,31,36,38-39H,6-20,34-35H2,1-5H3/t22-,23?,24+,25?,26?,27?,28-,29+,31?,32+,33-/m1/s1. The Balaban J connectivity index is 1.39. The Kier molecular flexibility index (Phi) is 11.2. The topological polar surface area (TPSA) is 134 Å². The second-order valence-electron chi connectivity index (χ2n) is 15.0. The van der Waals surface area contributed by atoms with Crippen molar-refractivity contribution in [3.05, 3.63) is 0 Å². The van der Waals surface area contributed by atoms with Crippen LogP contribution < -0.4 is 16.8 Å². The fourth-order valence-corrected chi connectivity index (χ4v) is 10.3. The van der Waals surface area contributed by atoms with Gasteiger partial charge in [0.05, 0.1) is 18.3 Å². The van der Waals surface area contributed by atoms with E-state index in [4.69, 9.17) is 16.2 Å². The predicted molar refractivity (Wildman–Crippen MR) is 164 cm³/mol. The van der Waals surface area contributed by atoms with Crippen LogP contribution in [0.2, 0.25) is 0 Å². The molecule has 8 heteroatoms. The number of hydrogen-bond acceptors (Lipinski definition) is 8. The largest absolute Gasteiger partial charge is 0.463 e. The number of fused-ring (bicyclic) bond motifs is 5. The summed E-state index contributed by atoms with van der Waals surface area (Å²) in [5.74, 6) is 2.03. The smallest absolute Gasteiger partial charge is 0.306 e. The first-order valence-electron chi connectivity index (χ1n) is 16.9. The van der Waals surface area contributed by atoms with E-state index in [-0.39, 0.29) is 41.0 Å². The molecule has 0 saturated heterocycles. The summed E-state index contributed by atoms with van der Waals surface area (Å²) < 4.78 is 5.38. The third kappa shape index (κ3) is 6.83. The summed E-state index contributed by atoms with van der Waals surface area (Å²) in [6, 6.07) is 0.479. The van der Waals surface area contributed by atoms with Crippen LogP contribution in [0.5, 0.6) is 0 Å². The number of carbonyl (C=O) groups excluding carboxylic acids is 1. The molecule has 0 aromatic rings. The highest BCUT2D eigenvalue weighted by molar-refractivity contribution is 5.69. The van der Waals surface area contributed by atoms with Gasteiger partial charge in [0.25, 0.3) is 0 Å². The van der Waals surface area contributed by atoms with Crippen molar-refractivity contribution < 1.29 is 19.7 Å². The summed E-state index contributed by atoms with van der Waals surface area (Å²) >= 11 is 0. The molecule has 0 aromatic carbocycles. The minimum absolute atomic E-state index is 0.0832. The Labute approximate surface area is 249 Å². The van der Waals surface area contributed by atoms with Crippen molar-refractivity contribution in [2.75, 3.05) is 39.3 Å². The minimum atomic E-state index is -0.360. The third-order valence-electron chi connectivity index (χ3n) is 12.5. The van der Waals surface area contributed by atoms with E-state index < -0.39 is 0 Å². The molecule has 5 unspecified atom stereocenters. The zero-order valence-electron chi connectivity index (χ0n) is 26.7. The minimum Gasteiger partial charge on any atom is -0.463 e. The van der Waals surface area contributed by atoms with Gasteiger partial charge in [-0.15, -0.1) is 0 Å². The van der Waals surface area contributed by atoms with E-state index in [9.17, 15) is 15.0 Å². The molecule has 0 bridgehead atoms. The Bertz CT molecular complexity index is 853. The van der Waals surface area contributed by atoms with Gasteiger partial charge in [-0.2, -0.15) is 0 Å². The van der Waals surface area contributed by atoms with Gasteiger partial charge < -0.3 is 31.7 Å². The summed E-state index contributed by atoms with van der Waals surface area (Å²) in [5, 5.41) is 27.5. The van der Waals surface area contributed by atoms with Gasteiger partial charge in [0.2, 0.25) is 0 Å². The first kappa shape index (κ1) is 33.1. The second-order valence-corrected chi connectivity index (χ2v) is 15.0. The van der Waals surface area contributed by atoms with Crippen LogP contribution in [0.1, 0.15) is 92.4 Å². The summed E-state index contributed by atoms with van der Waals surface area (Å²) in [4.78, 5) is 14.6. The van der Waals surface area contributed by atoms with Gasteiger partial charge in [0, 0.05) is 51.7 Å². The molecule has 4 saturated carbocycles. The second kappa shape index (κ2) is 13.9. The van der Waals surface area contributed by atoms with Crippen LogP contribution >= 0.6 is 0 Å². The first-order valence-corrected chi connectivity index (χ1v) is 16.9. The van der Waals surface area contributed by atoms with Crippen molar-refractivity contribution in [3.63, 3.8) is 0 Å². The van der Waals surface area contributed by atoms with E-state index in [2.05, 4.69) is 31.0 Å². The third-order valence-corrected chi connectivity index (χ3v) is 12.5. The molecule has 0 radical (unpaired) electrons. The highest BCUT2D eigenvalue weighted by atomic mass is 16.5. The monoisotopic (exact) mass is 578 g/mol. The summed E-state index contributed by atoms with van der Waals surface area (Å²) in [5.41, 5.74) is 11.5. The average Bonchev–Trinajstić information content (AvgIpc) is 3.27. The molecule has 0 aromatic heterocycles. The van der Waals surface area contributed by atoms with Crippen molar-refractivity contribution >= 4 is 5.97 Å². The number of nitrogens with two attached hydrogens (primary N) is 2. The molecule has 0 aliphatic heterocycles. The van der Waals surface area contributed by atoms with Crippen LogP contribution in [-0.2, 0) is 9.53 Å². The van der Waals surface area contributed by atoms with Crippen LogP contribution in [0.3, 0.4) is 0 Å². The fraction of sp³-hybridized carbons (Fsp3) is 0.970. The molecule has 4 aliphatic rings. The molecule has 0 spiro atoms. The lowest BCUT2D eigenvalue weighted by Gasteiger charge is -2.63. The maximum atomic E-state index is 12.2. The van der Waals surface area contributed by atoms with Gasteiger partial charge in [-0.05, 0) is 112 Å². The summed E-state index contributed by atoms with van der Waals surface area (Å²) in [7, 11) is 0. The molecule has 0 amide bonds. The van der Waals surface area contributed by atoms with Crippen molar-refractivity contribution in [2.45, 2.75) is 117 Å². The number of aliphatic hydroxyl groups is 2. The number of nitrogens with zero attached hydrogens (tertiary/aromatic N) is 1. The highest BCUT2D eigenvalue weighted by Gasteiger charge is 2.65. The molecule has 41 heavy (non-hydrogen) atoms. The molecule has 8 nitrogen and oxygen atoms in total. The van der Waals surface area contributed by atoms with Crippen molar-refractivity contribution in [2.24, 2.45) is 57.8 Å². The molecular weight excluding hydrogens is 516 g/mol. The number of esters is 1. The Morgan fingerprint density at radius 1 is 1.00 bits per heavy atom. The van der Waals surface area contributed by atoms with Gasteiger partial charge in [-0.25, -0.2) is 0 Å². The zero-order chi connectivity index (χ0) is 29.9. The van der Waals surface area contributed by atoms with E-state index in [0.29, 0.717) is 55.1 Å². The maximum absolute atomic E-state index is 12.2. The van der Waals surface area contributed by atoms with Crippen LogP contribution in [-0.4, -0.2) is 84.7 Å². The molecule has 11 atom stereocenters. The number of hydrogen-bond donors (Lipinski definition) is 5. The predicted octanol–water partition coefficient (Wildman–Crippen LogP) is 3.13. The molecular formula is C33H62N4O4. The average molecular weight is 579 g/mol. The van der Waals surface area contributed by atoms with Gasteiger partial charge in [-0.1, -0.05) is 20.8 Å². The quantitative estimate of drug-likeness (QED) is 0.211. The van der Waals surface area contributed by atoms with Crippen molar-refractivity contribution in [1.29, 1.82) is 0 Å². The lowest BCUT2D eigenvalue weighted by molar-refractivity contribution is -0.202. The SMILES string of the molecule is CC(C)OC(=O)CC[C@@H](C)C1CCC2C3C(C[C@H](O)[C@@]21C)[C@@]1(C)CC[C@H](NCCN(CCN)CCN)CC1C[C@H]3O. The Morgan fingerprint density at radius 2 is 1.71 bits per heavy atom. The summed E-state index contributed by atoms with van der Waals surface area (Å²) in [6.07, 6.45) is 7.75. The van der Waals surface area contributed by atoms with E-state index in [0.717, 1.165) is 77.5 Å². The number of nitrogens with one attached hydrogen (secondary N) is 1. The molecule has 7 N–H and O–H groups in total. The molecule has 238 valence electrons. The van der Waals surface area contributed by atoms with Crippen molar-refractivity contribution in [1.82, 2.24) is 10.2 Å². The van der Waals surface area contributed by atoms with Crippen LogP contribution in [0.4, 0.5) is 0 Å². The van der Waals surface area contributed by atoms with Gasteiger partial charge >= 0.3 is 5.97 Å². The van der Waals surface area contributed by atoms with E-state index in [1.165, 1.54) is 0 Å². The van der Waals surface area contributed by atoms with Gasteiger partial charge in [-0.3, -0.25) is 9.69 Å². The number of rotatable bonds is 13. The van der Waals surface area contributed by atoms with Gasteiger partial charge in [0.1, 0.15) is 0 Å². The molecule has 0 heterocycles. The summed E-state index contributed by atoms with van der Waals surface area (Å²) in [6.45, 7) is 15.8. The van der Waals surface area contributed by atoms with Crippen LogP contribution in [0.25, 0.3) is 0 Å². The number of aliphatic hydroxyl groups excluding tert-OH is 2. The first-order chi connectivity index (χ1) is 19.4. The zero-order valence-corrected chi connectivity index (χ0v) is 26.7. The molecule has 4 fully saturated rings. The van der Waals surface area contributed by atoms with E-state index in [1.807, 2.05) is 13.8 Å². The number of carbonyl (C=O) groups is 1. The van der Waals surface area contributed by atoms with Crippen LogP contribution in [0, 0.1) is 46.3 Å².